The molecule has 0 aliphatic heterocycles. The molecule has 6 heteroatoms. The van der Waals surface area contributed by atoms with E-state index in [1.807, 2.05) is 0 Å². The Balaban J connectivity index is 2.36. The number of aromatic carboxylic acids is 1. The van der Waals surface area contributed by atoms with E-state index in [0.717, 1.165) is 24.4 Å². The molecule has 0 aliphatic rings. The zero-order chi connectivity index (χ0) is 14.0. The molecule has 98 valence electrons. The van der Waals surface area contributed by atoms with E-state index in [1.165, 1.54) is 16.8 Å². The number of carboxylic acids is 1. The number of hydrogen-bond donors (Lipinski definition) is 1. The minimum Gasteiger partial charge on any atom is -0.477 e. The molecule has 0 radical (unpaired) electrons. The van der Waals surface area contributed by atoms with Gasteiger partial charge in [0.05, 0.1) is 0 Å². The van der Waals surface area contributed by atoms with Gasteiger partial charge in [0.25, 0.3) is 0 Å². The second-order valence-corrected chi connectivity index (χ2v) is 3.94. The van der Waals surface area contributed by atoms with E-state index < -0.39 is 28.6 Å². The highest BCUT2D eigenvalue weighted by atomic mass is 19.1. The molecule has 2 aromatic rings. The average molecular weight is 265 g/mol. The normalized spacial score (nSPS) is 10.4. The summed E-state index contributed by atoms with van der Waals surface area (Å²) in [7, 11) is 0. The fourth-order valence-electron chi connectivity index (χ4n) is 1.63. The van der Waals surface area contributed by atoms with Crippen molar-refractivity contribution in [1.29, 1.82) is 0 Å². The molecule has 2 rings (SSSR count). The monoisotopic (exact) mass is 265 g/mol. The van der Waals surface area contributed by atoms with Crippen LogP contribution in [0.4, 0.5) is 8.78 Å². The first-order chi connectivity index (χ1) is 8.97. The summed E-state index contributed by atoms with van der Waals surface area (Å²) in [6, 6.07) is 4.21. The minimum absolute atomic E-state index is 0.00662. The van der Waals surface area contributed by atoms with Crippen molar-refractivity contribution in [2.45, 2.75) is 6.54 Å². The van der Waals surface area contributed by atoms with Crippen LogP contribution in [0.15, 0.2) is 41.5 Å². The van der Waals surface area contributed by atoms with Gasteiger partial charge in [0.1, 0.15) is 17.2 Å². The van der Waals surface area contributed by atoms with E-state index >= 15 is 0 Å². The van der Waals surface area contributed by atoms with Crippen LogP contribution in [0.1, 0.15) is 15.9 Å². The van der Waals surface area contributed by atoms with Gasteiger partial charge in [0.15, 0.2) is 5.43 Å². The number of pyridine rings is 1. The quantitative estimate of drug-likeness (QED) is 0.921. The molecule has 0 atom stereocenters. The molecule has 1 aromatic carbocycles. The molecule has 1 aromatic heterocycles. The molecular formula is C13H9F2NO3. The van der Waals surface area contributed by atoms with Crippen LogP contribution >= 0.6 is 0 Å². The Bertz CT molecular complexity index is 695. The SMILES string of the molecule is O=C(O)c1cn(Cc2ccc(F)cc2F)ccc1=O. The largest absolute Gasteiger partial charge is 0.477 e. The Morgan fingerprint density at radius 1 is 1.26 bits per heavy atom. The van der Waals surface area contributed by atoms with E-state index in [4.69, 9.17) is 5.11 Å². The van der Waals surface area contributed by atoms with Crippen LogP contribution in [0.2, 0.25) is 0 Å². The smallest absolute Gasteiger partial charge is 0.341 e. The fourth-order valence-corrected chi connectivity index (χ4v) is 1.63. The highest BCUT2D eigenvalue weighted by Crippen LogP contribution is 2.11. The van der Waals surface area contributed by atoms with E-state index in [0.29, 0.717) is 0 Å². The summed E-state index contributed by atoms with van der Waals surface area (Å²) in [5.74, 6) is -2.76. The highest BCUT2D eigenvalue weighted by Gasteiger charge is 2.09. The van der Waals surface area contributed by atoms with Gasteiger partial charge in [-0.15, -0.1) is 0 Å². The van der Waals surface area contributed by atoms with Gasteiger partial charge < -0.3 is 9.67 Å². The van der Waals surface area contributed by atoms with Crippen molar-refractivity contribution in [1.82, 2.24) is 4.57 Å². The maximum atomic E-state index is 13.4. The van der Waals surface area contributed by atoms with E-state index in [1.54, 1.807) is 0 Å². The summed E-state index contributed by atoms with van der Waals surface area (Å²) in [6.07, 6.45) is 2.46. The van der Waals surface area contributed by atoms with E-state index in [-0.39, 0.29) is 12.1 Å². The Kier molecular flexibility index (Phi) is 3.41. The van der Waals surface area contributed by atoms with Gasteiger partial charge in [0.2, 0.25) is 0 Å². The van der Waals surface area contributed by atoms with Gasteiger partial charge in [-0.2, -0.15) is 0 Å². The number of hydrogen-bond acceptors (Lipinski definition) is 2. The molecule has 0 aliphatic carbocycles. The first-order valence-electron chi connectivity index (χ1n) is 5.34. The zero-order valence-electron chi connectivity index (χ0n) is 9.64. The standard InChI is InChI=1S/C13H9F2NO3/c14-9-2-1-8(11(15)5-9)6-16-4-3-12(17)10(7-16)13(18)19/h1-5,7H,6H2,(H,18,19). The summed E-state index contributed by atoms with van der Waals surface area (Å²) in [4.78, 5) is 22.1. The Labute approximate surface area is 106 Å². The van der Waals surface area contributed by atoms with Crippen molar-refractivity contribution in [2.75, 3.05) is 0 Å². The number of aromatic nitrogens is 1. The summed E-state index contributed by atoms with van der Waals surface area (Å²) >= 11 is 0. The number of carbonyl (C=O) groups is 1. The van der Waals surface area contributed by atoms with Crippen molar-refractivity contribution in [3.05, 3.63) is 69.6 Å². The molecule has 0 unspecified atom stereocenters. The van der Waals surface area contributed by atoms with Crippen LogP contribution in [0.5, 0.6) is 0 Å². The second-order valence-electron chi connectivity index (χ2n) is 3.94. The van der Waals surface area contributed by atoms with Crippen molar-refractivity contribution in [3.63, 3.8) is 0 Å². The minimum atomic E-state index is -1.35. The van der Waals surface area contributed by atoms with Gasteiger partial charge in [-0.05, 0) is 6.07 Å². The molecule has 0 saturated carbocycles. The molecule has 19 heavy (non-hydrogen) atoms. The van der Waals surface area contributed by atoms with Crippen LogP contribution in [0.25, 0.3) is 0 Å². The summed E-state index contributed by atoms with van der Waals surface area (Å²) in [5.41, 5.74) is -0.824. The lowest BCUT2D eigenvalue weighted by Gasteiger charge is -2.08. The summed E-state index contributed by atoms with van der Waals surface area (Å²) in [6.45, 7) is 0.00662. The number of rotatable bonds is 3. The topological polar surface area (TPSA) is 59.3 Å². The average Bonchev–Trinajstić information content (AvgIpc) is 2.34. The Hall–Kier alpha value is -2.50. The summed E-state index contributed by atoms with van der Waals surface area (Å²) < 4.78 is 27.5. The lowest BCUT2D eigenvalue weighted by atomic mass is 10.2. The third kappa shape index (κ3) is 2.85. The molecule has 4 nitrogen and oxygen atoms in total. The maximum Gasteiger partial charge on any atom is 0.341 e. The third-order valence-corrected chi connectivity index (χ3v) is 2.58. The molecular weight excluding hydrogens is 256 g/mol. The second kappa shape index (κ2) is 5.01. The molecule has 0 saturated heterocycles. The van der Waals surface area contributed by atoms with Crippen LogP contribution < -0.4 is 5.43 Å². The van der Waals surface area contributed by atoms with Crippen molar-refractivity contribution < 1.29 is 18.7 Å². The number of carboxylic acid groups (broad SMARTS) is 1. The predicted octanol–water partition coefficient (Wildman–Crippen LogP) is 1.87. The van der Waals surface area contributed by atoms with Crippen molar-refractivity contribution >= 4 is 5.97 Å². The lowest BCUT2D eigenvalue weighted by molar-refractivity contribution is 0.0694. The number of nitrogens with zero attached hydrogens (tertiary/aromatic N) is 1. The predicted molar refractivity (Wildman–Crippen MR) is 63.1 cm³/mol. The van der Waals surface area contributed by atoms with E-state index in [9.17, 15) is 18.4 Å². The Morgan fingerprint density at radius 2 is 2.00 bits per heavy atom. The highest BCUT2D eigenvalue weighted by molar-refractivity contribution is 5.86. The van der Waals surface area contributed by atoms with Crippen molar-refractivity contribution in [2.24, 2.45) is 0 Å². The molecule has 1 N–H and O–H groups in total. The van der Waals surface area contributed by atoms with Crippen LogP contribution in [-0.2, 0) is 6.54 Å². The Morgan fingerprint density at radius 3 is 2.63 bits per heavy atom. The van der Waals surface area contributed by atoms with Crippen LogP contribution in [-0.4, -0.2) is 15.6 Å². The number of benzene rings is 1. The maximum absolute atomic E-state index is 13.4. The van der Waals surface area contributed by atoms with Gasteiger partial charge in [0, 0.05) is 36.6 Å². The molecule has 0 bridgehead atoms. The number of halogens is 2. The van der Waals surface area contributed by atoms with Gasteiger partial charge in [-0.3, -0.25) is 4.79 Å². The molecule has 1 heterocycles. The molecule has 0 amide bonds. The van der Waals surface area contributed by atoms with Crippen molar-refractivity contribution in [3.8, 4) is 0 Å². The van der Waals surface area contributed by atoms with E-state index in [2.05, 4.69) is 0 Å². The molecule has 0 fully saturated rings. The molecule has 0 spiro atoms. The first-order valence-corrected chi connectivity index (χ1v) is 5.34. The van der Waals surface area contributed by atoms with Gasteiger partial charge in [-0.25, -0.2) is 13.6 Å². The first kappa shape index (κ1) is 12.9. The lowest BCUT2D eigenvalue weighted by Crippen LogP contribution is -2.17. The van der Waals surface area contributed by atoms with Crippen LogP contribution in [0, 0.1) is 11.6 Å². The summed E-state index contributed by atoms with van der Waals surface area (Å²) in [5, 5.41) is 8.81. The zero-order valence-corrected chi connectivity index (χ0v) is 9.64. The third-order valence-electron chi connectivity index (χ3n) is 2.58. The fraction of sp³-hybridized carbons (Fsp3) is 0.0769. The van der Waals surface area contributed by atoms with Gasteiger partial charge in [-0.1, -0.05) is 6.07 Å². The van der Waals surface area contributed by atoms with Gasteiger partial charge >= 0.3 is 5.97 Å². The van der Waals surface area contributed by atoms with Crippen LogP contribution in [0.3, 0.4) is 0 Å².